The van der Waals surface area contributed by atoms with Crippen LogP contribution in [-0.2, 0) is 4.74 Å². The summed E-state index contributed by atoms with van der Waals surface area (Å²) in [6.07, 6.45) is 2.01. The zero-order chi connectivity index (χ0) is 22.4. The van der Waals surface area contributed by atoms with Gasteiger partial charge in [0.05, 0.1) is 26.4 Å². The molecule has 3 rings (SSSR count). The number of hydrogen-bond acceptors (Lipinski definition) is 7. The van der Waals surface area contributed by atoms with Crippen LogP contribution in [0.25, 0.3) is 0 Å². The molecule has 2 aromatic carbocycles. The number of aromatic hydroxyl groups is 2. The number of aliphatic hydroxyl groups is 1. The molecule has 33 heavy (non-hydrogen) atoms. The van der Waals surface area contributed by atoms with Crippen LogP contribution >= 0.6 is 0 Å². The zero-order valence-corrected chi connectivity index (χ0v) is 23.3. The van der Waals surface area contributed by atoms with Gasteiger partial charge in [0.15, 0.2) is 23.0 Å². The first kappa shape index (κ1) is 36.2. The Morgan fingerprint density at radius 3 is 1.79 bits per heavy atom. The fourth-order valence-corrected chi connectivity index (χ4v) is 2.46. The second kappa shape index (κ2) is 21.2. The van der Waals surface area contributed by atoms with E-state index < -0.39 is 6.10 Å². The van der Waals surface area contributed by atoms with Gasteiger partial charge in [0.25, 0.3) is 0 Å². The summed E-state index contributed by atoms with van der Waals surface area (Å²) in [4.78, 5) is 0. The molecule has 0 aromatic heterocycles. The smallest absolute Gasteiger partial charge is 1.00 e. The van der Waals surface area contributed by atoms with Crippen LogP contribution in [0.1, 0.15) is 45.3 Å². The number of halogens is 1. The van der Waals surface area contributed by atoms with Gasteiger partial charge in [-0.3, -0.25) is 0 Å². The maximum atomic E-state index is 9.34. The molecule has 0 spiro atoms. The molecule has 184 valence electrons. The first-order valence-electron chi connectivity index (χ1n) is 10.1. The monoisotopic (exact) mass is 540 g/mol. The number of phenolic OH excluding ortho intramolecular Hbond substituents is 2. The van der Waals surface area contributed by atoms with Crippen LogP contribution in [0.3, 0.4) is 0 Å². The molecule has 9 heteroatoms. The average molecular weight is 542 g/mol. The normalized spacial score (nSPS) is 12.0. The Kier molecular flexibility index (Phi) is 23.2. The van der Waals surface area contributed by atoms with Gasteiger partial charge in [-0.15, -0.1) is 0 Å². The predicted octanol–water partition coefficient (Wildman–Crippen LogP) is 1.51. The molecule has 1 aliphatic rings. The van der Waals surface area contributed by atoms with Gasteiger partial charge in [-0.1, -0.05) is 6.07 Å². The topological polar surface area (TPSA) is 97.6 Å². The Morgan fingerprint density at radius 1 is 0.909 bits per heavy atom. The molecule has 1 heterocycles. The SMILES string of the molecule is C1CCOC1.CCOc1cc(C(C)O)ccc1O.CCOc1cc(OC)ccc1O.[Br-].[CH3-].[Mg+2]. The van der Waals surface area contributed by atoms with Crippen molar-refractivity contribution in [3.05, 3.63) is 49.4 Å². The minimum Gasteiger partial charge on any atom is -1.00 e. The summed E-state index contributed by atoms with van der Waals surface area (Å²) in [5, 5.41) is 27.9. The molecule has 3 N–H and O–H groups in total. The van der Waals surface area contributed by atoms with Crippen molar-refractivity contribution in [1.82, 2.24) is 0 Å². The molecule has 0 aliphatic carbocycles. The molecule has 1 unspecified atom stereocenters. The average Bonchev–Trinajstić information content (AvgIpc) is 3.32. The van der Waals surface area contributed by atoms with Crippen LogP contribution < -0.4 is 31.2 Å². The molecule has 1 fully saturated rings. The Hall–Kier alpha value is -1.39. The summed E-state index contributed by atoms with van der Waals surface area (Å²) >= 11 is 0. The first-order valence-corrected chi connectivity index (χ1v) is 10.1. The number of hydrogen-bond donors (Lipinski definition) is 3. The van der Waals surface area contributed by atoms with Gasteiger partial charge in [0, 0.05) is 19.3 Å². The maximum absolute atomic E-state index is 9.34. The van der Waals surface area contributed by atoms with Crippen molar-refractivity contribution in [3.63, 3.8) is 0 Å². The van der Waals surface area contributed by atoms with E-state index in [0.717, 1.165) is 18.8 Å². The number of aliphatic hydroxyl groups excluding tert-OH is 1. The number of ether oxygens (including phenoxy) is 4. The Labute approximate surface area is 224 Å². The molecule has 0 saturated carbocycles. The molecular formula is C24H37BrMgO7. The zero-order valence-electron chi connectivity index (χ0n) is 20.3. The Bertz CT molecular complexity index is 733. The fraction of sp³-hybridized carbons (Fsp3) is 0.458. The Morgan fingerprint density at radius 2 is 1.39 bits per heavy atom. The fourth-order valence-electron chi connectivity index (χ4n) is 2.46. The standard InChI is InChI=1S/C10H14O3.C9H12O3.C4H8O.CH3.BrH.Mg/c1-3-13-10-6-8(7(2)11)4-5-9(10)12;1-3-12-9-6-7(11-2)4-5-8(9)10;1-2-4-5-3-1;;;/h4-7,11-12H,3H2,1-2H3;4-6,10H,3H2,1-2H3;1-4H2;1H3;1H;/q;;;-1;;+2/p-1. The van der Waals surface area contributed by atoms with Crippen molar-refractivity contribution in [2.45, 2.75) is 39.7 Å². The maximum Gasteiger partial charge on any atom is 2.00 e. The summed E-state index contributed by atoms with van der Waals surface area (Å²) in [5.41, 5.74) is 0.737. The van der Waals surface area contributed by atoms with E-state index in [1.165, 1.54) is 18.9 Å². The molecule has 0 radical (unpaired) electrons. The van der Waals surface area contributed by atoms with E-state index in [9.17, 15) is 15.3 Å². The van der Waals surface area contributed by atoms with Gasteiger partial charge in [0.1, 0.15) is 5.75 Å². The van der Waals surface area contributed by atoms with Crippen molar-refractivity contribution < 1.29 is 51.2 Å². The number of methoxy groups -OCH3 is 1. The van der Waals surface area contributed by atoms with E-state index in [4.69, 9.17) is 18.9 Å². The van der Waals surface area contributed by atoms with Gasteiger partial charge in [0.2, 0.25) is 0 Å². The first-order chi connectivity index (χ1) is 14.4. The van der Waals surface area contributed by atoms with E-state index in [1.54, 1.807) is 44.4 Å². The minimum absolute atomic E-state index is 0. The van der Waals surface area contributed by atoms with Crippen LogP contribution in [0, 0.1) is 7.43 Å². The van der Waals surface area contributed by atoms with E-state index in [2.05, 4.69) is 0 Å². The second-order valence-corrected chi connectivity index (χ2v) is 6.42. The molecule has 1 atom stereocenters. The van der Waals surface area contributed by atoms with Gasteiger partial charge < -0.3 is 58.7 Å². The summed E-state index contributed by atoms with van der Waals surface area (Å²) in [6, 6.07) is 9.71. The largest absolute Gasteiger partial charge is 2.00 e. The van der Waals surface area contributed by atoms with Crippen molar-refractivity contribution in [3.8, 4) is 28.7 Å². The van der Waals surface area contributed by atoms with Crippen molar-refractivity contribution in [2.24, 2.45) is 0 Å². The van der Waals surface area contributed by atoms with Gasteiger partial charge in [-0.2, -0.15) is 0 Å². The summed E-state index contributed by atoms with van der Waals surface area (Å²) in [6.45, 7) is 8.40. The molecule has 0 bridgehead atoms. The Balaban J connectivity index is -0.000000420. The molecule has 2 aromatic rings. The summed E-state index contributed by atoms with van der Waals surface area (Å²) in [5.74, 6) is 1.79. The van der Waals surface area contributed by atoms with Crippen molar-refractivity contribution >= 4 is 23.1 Å². The van der Waals surface area contributed by atoms with Crippen LogP contribution in [-0.4, -0.2) is 71.9 Å². The van der Waals surface area contributed by atoms with Crippen LogP contribution in [0.15, 0.2) is 36.4 Å². The van der Waals surface area contributed by atoms with Crippen molar-refractivity contribution in [1.29, 1.82) is 0 Å². The minimum atomic E-state index is -0.542. The van der Waals surface area contributed by atoms with E-state index in [0.29, 0.717) is 30.5 Å². The van der Waals surface area contributed by atoms with Crippen molar-refractivity contribution in [2.75, 3.05) is 33.5 Å². The van der Waals surface area contributed by atoms with Gasteiger partial charge in [-0.25, -0.2) is 0 Å². The quantitative estimate of drug-likeness (QED) is 0.377. The van der Waals surface area contributed by atoms with Gasteiger partial charge >= 0.3 is 23.1 Å². The third kappa shape index (κ3) is 14.5. The third-order valence-electron chi connectivity index (χ3n) is 4.06. The molecule has 0 amide bonds. The molecule has 1 saturated heterocycles. The van der Waals surface area contributed by atoms with E-state index >= 15 is 0 Å². The molecule has 1 aliphatic heterocycles. The van der Waals surface area contributed by atoms with E-state index in [1.807, 2.05) is 13.8 Å². The van der Waals surface area contributed by atoms with Gasteiger partial charge in [-0.05, 0) is 63.4 Å². The van der Waals surface area contributed by atoms with Crippen LogP contribution in [0.5, 0.6) is 28.7 Å². The number of benzene rings is 2. The van der Waals surface area contributed by atoms with E-state index in [-0.39, 0.29) is 59.0 Å². The van der Waals surface area contributed by atoms with Crippen LogP contribution in [0.2, 0.25) is 0 Å². The molecular weight excluding hydrogens is 504 g/mol. The second-order valence-electron chi connectivity index (χ2n) is 6.42. The summed E-state index contributed by atoms with van der Waals surface area (Å²) in [7, 11) is 1.57. The number of rotatable bonds is 6. The predicted molar refractivity (Wildman–Crippen MR) is 128 cm³/mol. The number of phenols is 2. The summed E-state index contributed by atoms with van der Waals surface area (Å²) < 4.78 is 20.2. The van der Waals surface area contributed by atoms with Crippen LogP contribution in [0.4, 0.5) is 0 Å². The molecule has 7 nitrogen and oxygen atoms in total. The third-order valence-corrected chi connectivity index (χ3v) is 4.06.